The molecule has 0 radical (unpaired) electrons. The zero-order valence-corrected chi connectivity index (χ0v) is 8.62. The van der Waals surface area contributed by atoms with Crippen LogP contribution in [-0.4, -0.2) is 12.2 Å². The molecule has 0 saturated heterocycles. The molecule has 0 spiro atoms. The van der Waals surface area contributed by atoms with Gasteiger partial charge < -0.3 is 9.84 Å². The summed E-state index contributed by atoms with van der Waals surface area (Å²) in [5, 5.41) is 9.77. The van der Waals surface area contributed by atoms with Crippen molar-refractivity contribution >= 4 is 0 Å². The monoisotopic (exact) mass is 198 g/mol. The maximum Gasteiger partial charge on any atom is 0.132 e. The molecular formula is C11H15FO2. The van der Waals surface area contributed by atoms with Crippen LogP contribution in [0.25, 0.3) is 0 Å². The minimum absolute atomic E-state index is 0.0409. The summed E-state index contributed by atoms with van der Waals surface area (Å²) in [6.07, 6.45) is -0.828. The number of ether oxygens (including phenoxy) is 1. The molecule has 14 heavy (non-hydrogen) atoms. The third-order valence-electron chi connectivity index (χ3n) is 2.16. The van der Waals surface area contributed by atoms with E-state index < -0.39 is 11.9 Å². The number of hydrogen-bond acceptors (Lipinski definition) is 2. The lowest BCUT2D eigenvalue weighted by Crippen LogP contribution is -2.09. The molecule has 0 aliphatic carbocycles. The fraction of sp³-hybridized carbons (Fsp3) is 0.455. The Morgan fingerprint density at radius 3 is 2.50 bits per heavy atom. The quantitative estimate of drug-likeness (QED) is 0.808. The van der Waals surface area contributed by atoms with Gasteiger partial charge in [-0.1, -0.05) is 19.9 Å². The fourth-order valence-electron chi connectivity index (χ4n) is 1.32. The molecule has 78 valence electrons. The highest BCUT2D eigenvalue weighted by molar-refractivity contribution is 5.36. The van der Waals surface area contributed by atoms with Gasteiger partial charge >= 0.3 is 0 Å². The fourth-order valence-corrected chi connectivity index (χ4v) is 1.32. The van der Waals surface area contributed by atoms with Gasteiger partial charge in [0.25, 0.3) is 0 Å². The molecule has 0 aromatic heterocycles. The van der Waals surface area contributed by atoms with Gasteiger partial charge in [0, 0.05) is 0 Å². The highest BCUT2D eigenvalue weighted by Crippen LogP contribution is 2.31. The average molecular weight is 198 g/mol. The van der Waals surface area contributed by atoms with Gasteiger partial charge in [-0.25, -0.2) is 4.39 Å². The Hall–Kier alpha value is -1.09. The van der Waals surface area contributed by atoms with Crippen LogP contribution in [0.1, 0.15) is 25.5 Å². The lowest BCUT2D eigenvalue weighted by molar-refractivity contribution is 0.119. The van der Waals surface area contributed by atoms with Gasteiger partial charge in [-0.2, -0.15) is 0 Å². The molecule has 0 aliphatic rings. The standard InChI is InChI=1S/C11H15FO2/c1-7(2)11(13)10-8(12)5-4-6-9(10)14-3/h4-7,11,13H,1-3H3. The topological polar surface area (TPSA) is 29.5 Å². The van der Waals surface area contributed by atoms with Crippen LogP contribution in [0.4, 0.5) is 4.39 Å². The third kappa shape index (κ3) is 2.04. The highest BCUT2D eigenvalue weighted by Gasteiger charge is 2.20. The van der Waals surface area contributed by atoms with E-state index >= 15 is 0 Å². The molecule has 0 saturated carbocycles. The molecule has 3 heteroatoms. The minimum atomic E-state index is -0.828. The van der Waals surface area contributed by atoms with E-state index in [0.29, 0.717) is 5.75 Å². The zero-order valence-electron chi connectivity index (χ0n) is 8.62. The minimum Gasteiger partial charge on any atom is -0.496 e. The predicted octanol–water partition coefficient (Wildman–Crippen LogP) is 2.52. The van der Waals surface area contributed by atoms with Gasteiger partial charge in [0.2, 0.25) is 0 Å². The zero-order chi connectivity index (χ0) is 10.7. The second kappa shape index (κ2) is 4.42. The Morgan fingerprint density at radius 2 is 2.00 bits per heavy atom. The van der Waals surface area contributed by atoms with E-state index in [9.17, 15) is 9.50 Å². The Bertz CT molecular complexity index is 310. The lowest BCUT2D eigenvalue weighted by Gasteiger charge is -2.18. The number of hydrogen-bond donors (Lipinski definition) is 1. The lowest BCUT2D eigenvalue weighted by atomic mass is 9.98. The summed E-state index contributed by atoms with van der Waals surface area (Å²) in [6, 6.07) is 4.53. The van der Waals surface area contributed by atoms with Gasteiger partial charge in [0.15, 0.2) is 0 Å². The molecule has 0 fully saturated rings. The van der Waals surface area contributed by atoms with E-state index in [1.165, 1.54) is 13.2 Å². The van der Waals surface area contributed by atoms with Gasteiger partial charge in [-0.05, 0) is 18.1 Å². The summed E-state index contributed by atoms with van der Waals surface area (Å²) in [5.74, 6) is -0.0717. The number of methoxy groups -OCH3 is 1. The molecule has 1 rings (SSSR count). The Labute approximate surface area is 83.3 Å². The van der Waals surface area contributed by atoms with Gasteiger partial charge in [0.1, 0.15) is 11.6 Å². The summed E-state index contributed by atoms with van der Waals surface area (Å²) >= 11 is 0. The molecular weight excluding hydrogens is 183 g/mol. The molecule has 1 N–H and O–H groups in total. The average Bonchev–Trinajstić information content (AvgIpc) is 2.16. The SMILES string of the molecule is COc1cccc(F)c1C(O)C(C)C. The van der Waals surface area contributed by atoms with E-state index in [1.807, 2.05) is 13.8 Å². The van der Waals surface area contributed by atoms with Crippen molar-refractivity contribution in [2.24, 2.45) is 5.92 Å². The number of aliphatic hydroxyl groups excluding tert-OH is 1. The van der Waals surface area contributed by atoms with Gasteiger partial charge in [-0.15, -0.1) is 0 Å². The summed E-state index contributed by atoms with van der Waals surface area (Å²) < 4.78 is 18.4. The molecule has 0 aliphatic heterocycles. The van der Waals surface area contributed by atoms with Crippen molar-refractivity contribution < 1.29 is 14.2 Å². The maximum absolute atomic E-state index is 13.4. The van der Waals surface area contributed by atoms with E-state index in [0.717, 1.165) is 0 Å². The predicted molar refractivity (Wildman–Crippen MR) is 52.7 cm³/mol. The Kier molecular flexibility index (Phi) is 3.47. The first kappa shape index (κ1) is 11.0. The molecule has 0 bridgehead atoms. The van der Waals surface area contributed by atoms with Crippen molar-refractivity contribution in [2.75, 3.05) is 7.11 Å². The van der Waals surface area contributed by atoms with Crippen LogP contribution in [0.2, 0.25) is 0 Å². The van der Waals surface area contributed by atoms with Crippen LogP contribution in [0.15, 0.2) is 18.2 Å². The maximum atomic E-state index is 13.4. The van der Waals surface area contributed by atoms with Crippen LogP contribution in [0.5, 0.6) is 5.75 Å². The van der Waals surface area contributed by atoms with E-state index in [2.05, 4.69) is 0 Å². The highest BCUT2D eigenvalue weighted by atomic mass is 19.1. The molecule has 1 atom stereocenters. The first-order chi connectivity index (χ1) is 6.57. The van der Waals surface area contributed by atoms with Crippen molar-refractivity contribution in [3.05, 3.63) is 29.6 Å². The van der Waals surface area contributed by atoms with Crippen molar-refractivity contribution in [3.8, 4) is 5.75 Å². The molecule has 0 amide bonds. The number of rotatable bonds is 3. The van der Waals surface area contributed by atoms with Gasteiger partial charge in [0.05, 0.1) is 18.8 Å². The van der Waals surface area contributed by atoms with Crippen LogP contribution in [-0.2, 0) is 0 Å². The normalized spacial score (nSPS) is 13.0. The number of aliphatic hydroxyl groups is 1. The van der Waals surface area contributed by atoms with Crippen molar-refractivity contribution in [2.45, 2.75) is 20.0 Å². The molecule has 1 aromatic carbocycles. The smallest absolute Gasteiger partial charge is 0.132 e. The number of benzene rings is 1. The first-order valence-electron chi connectivity index (χ1n) is 4.58. The second-order valence-corrected chi connectivity index (χ2v) is 3.54. The molecule has 2 nitrogen and oxygen atoms in total. The van der Waals surface area contributed by atoms with Crippen LogP contribution < -0.4 is 4.74 Å². The molecule has 1 aromatic rings. The van der Waals surface area contributed by atoms with Crippen LogP contribution in [0, 0.1) is 11.7 Å². The largest absolute Gasteiger partial charge is 0.496 e. The second-order valence-electron chi connectivity index (χ2n) is 3.54. The van der Waals surface area contributed by atoms with E-state index in [-0.39, 0.29) is 11.5 Å². The third-order valence-corrected chi connectivity index (χ3v) is 2.16. The van der Waals surface area contributed by atoms with E-state index in [1.54, 1.807) is 12.1 Å². The summed E-state index contributed by atoms with van der Waals surface area (Å²) in [5.41, 5.74) is 0.241. The number of halogens is 1. The summed E-state index contributed by atoms with van der Waals surface area (Å²) in [7, 11) is 1.46. The van der Waals surface area contributed by atoms with Crippen molar-refractivity contribution in [3.63, 3.8) is 0 Å². The van der Waals surface area contributed by atoms with Gasteiger partial charge in [-0.3, -0.25) is 0 Å². The van der Waals surface area contributed by atoms with Crippen LogP contribution in [0.3, 0.4) is 0 Å². The van der Waals surface area contributed by atoms with Crippen LogP contribution >= 0.6 is 0 Å². The van der Waals surface area contributed by atoms with Crippen molar-refractivity contribution in [1.82, 2.24) is 0 Å². The van der Waals surface area contributed by atoms with E-state index in [4.69, 9.17) is 4.74 Å². The Morgan fingerprint density at radius 1 is 1.36 bits per heavy atom. The summed E-state index contributed by atoms with van der Waals surface area (Å²) in [6.45, 7) is 3.66. The van der Waals surface area contributed by atoms with Crippen molar-refractivity contribution in [1.29, 1.82) is 0 Å². The Balaban J connectivity index is 3.16. The first-order valence-corrected chi connectivity index (χ1v) is 4.58. The molecule has 0 heterocycles. The summed E-state index contributed by atoms with van der Waals surface area (Å²) in [4.78, 5) is 0. The molecule has 1 unspecified atom stereocenters.